The Morgan fingerprint density at radius 2 is 2.00 bits per heavy atom. The van der Waals surface area contributed by atoms with Gasteiger partial charge in [-0.25, -0.2) is 0 Å². The molecule has 0 spiro atoms. The Kier molecular flexibility index (Phi) is 2.63. The Hall–Kier alpha value is -0.120. The van der Waals surface area contributed by atoms with Gasteiger partial charge in [-0.3, -0.25) is 4.90 Å². The van der Waals surface area contributed by atoms with Crippen LogP contribution in [0.15, 0.2) is 0 Å². The van der Waals surface area contributed by atoms with Crippen molar-refractivity contribution < 1.29 is 0 Å². The third-order valence-electron chi connectivity index (χ3n) is 3.12. The van der Waals surface area contributed by atoms with E-state index in [0.29, 0.717) is 0 Å². The van der Waals surface area contributed by atoms with E-state index in [4.69, 9.17) is 5.73 Å². The van der Waals surface area contributed by atoms with Crippen LogP contribution in [0.25, 0.3) is 0 Å². The predicted octanol–water partition coefficient (Wildman–Crippen LogP) is 0.119. The lowest BCUT2D eigenvalue weighted by Gasteiger charge is -2.37. The van der Waals surface area contributed by atoms with Crippen LogP contribution in [-0.2, 0) is 0 Å². The number of rotatable bonds is 1. The molecule has 0 bridgehead atoms. The van der Waals surface area contributed by atoms with Gasteiger partial charge < -0.3 is 11.1 Å². The van der Waals surface area contributed by atoms with Crippen LogP contribution in [-0.4, -0.2) is 36.7 Å². The van der Waals surface area contributed by atoms with Gasteiger partial charge in [0.2, 0.25) is 0 Å². The van der Waals surface area contributed by atoms with E-state index in [1.54, 1.807) is 0 Å². The minimum atomic E-state index is 0.266. The largest absolute Gasteiger partial charge is 0.315 e. The van der Waals surface area contributed by atoms with Crippen molar-refractivity contribution in [3.8, 4) is 0 Å². The molecule has 1 saturated carbocycles. The highest BCUT2D eigenvalue weighted by atomic mass is 15.3. The van der Waals surface area contributed by atoms with Gasteiger partial charge in [0, 0.05) is 25.7 Å². The summed E-state index contributed by atoms with van der Waals surface area (Å²) in [4.78, 5) is 2.49. The summed E-state index contributed by atoms with van der Waals surface area (Å²) in [6, 6.07) is 0.794. The van der Waals surface area contributed by atoms with Gasteiger partial charge in [0.1, 0.15) is 0 Å². The average Bonchev–Trinajstić information content (AvgIpc) is 2.57. The second-order valence-corrected chi connectivity index (χ2v) is 3.95. The first-order chi connectivity index (χ1) is 5.88. The van der Waals surface area contributed by atoms with Gasteiger partial charge in [-0.05, 0) is 12.8 Å². The standard InChI is InChI=1S/C9H19N3/c10-9-7-11-5-6-12(9)8-3-1-2-4-8/h8-9,11H,1-7,10H2. The molecule has 1 atom stereocenters. The number of nitrogens with zero attached hydrogens (tertiary/aromatic N) is 1. The van der Waals surface area contributed by atoms with Crippen LogP contribution in [0.3, 0.4) is 0 Å². The van der Waals surface area contributed by atoms with Gasteiger partial charge in [0.15, 0.2) is 0 Å². The molecule has 0 aromatic rings. The summed E-state index contributed by atoms with van der Waals surface area (Å²) in [6.45, 7) is 3.23. The molecule has 1 saturated heterocycles. The lowest BCUT2D eigenvalue weighted by Crippen LogP contribution is -2.58. The minimum Gasteiger partial charge on any atom is -0.315 e. The minimum absolute atomic E-state index is 0.266. The molecule has 1 aliphatic carbocycles. The predicted molar refractivity (Wildman–Crippen MR) is 49.8 cm³/mol. The molecule has 1 aliphatic heterocycles. The summed E-state index contributed by atoms with van der Waals surface area (Å²) in [5.41, 5.74) is 6.02. The Bertz CT molecular complexity index is 143. The van der Waals surface area contributed by atoms with Gasteiger partial charge in [0.25, 0.3) is 0 Å². The van der Waals surface area contributed by atoms with E-state index in [0.717, 1.165) is 25.7 Å². The Labute approximate surface area is 74.3 Å². The van der Waals surface area contributed by atoms with Crippen LogP contribution in [0.4, 0.5) is 0 Å². The fourth-order valence-electron chi connectivity index (χ4n) is 2.43. The fraction of sp³-hybridized carbons (Fsp3) is 1.00. The third kappa shape index (κ3) is 1.63. The van der Waals surface area contributed by atoms with Crippen LogP contribution < -0.4 is 11.1 Å². The lowest BCUT2D eigenvalue weighted by molar-refractivity contribution is 0.112. The van der Waals surface area contributed by atoms with E-state index >= 15 is 0 Å². The molecular weight excluding hydrogens is 150 g/mol. The summed E-state index contributed by atoms with van der Waals surface area (Å²) in [6.07, 6.45) is 5.81. The third-order valence-corrected chi connectivity index (χ3v) is 3.12. The van der Waals surface area contributed by atoms with E-state index in [2.05, 4.69) is 10.2 Å². The smallest absolute Gasteiger partial charge is 0.0703 e. The molecule has 3 nitrogen and oxygen atoms in total. The van der Waals surface area contributed by atoms with Crippen LogP contribution in [0, 0.1) is 0 Å². The van der Waals surface area contributed by atoms with Gasteiger partial charge in [-0.15, -0.1) is 0 Å². The molecule has 0 radical (unpaired) electrons. The van der Waals surface area contributed by atoms with Crippen molar-refractivity contribution in [3.63, 3.8) is 0 Å². The highest BCUT2D eigenvalue weighted by molar-refractivity contribution is 4.84. The van der Waals surface area contributed by atoms with Crippen molar-refractivity contribution in [2.24, 2.45) is 5.73 Å². The van der Waals surface area contributed by atoms with E-state index < -0.39 is 0 Å². The van der Waals surface area contributed by atoms with Crippen LogP contribution in [0.5, 0.6) is 0 Å². The maximum atomic E-state index is 6.02. The number of piperazine rings is 1. The van der Waals surface area contributed by atoms with Gasteiger partial charge in [-0.1, -0.05) is 12.8 Å². The van der Waals surface area contributed by atoms with Crippen LogP contribution in [0.2, 0.25) is 0 Å². The highest BCUT2D eigenvalue weighted by Crippen LogP contribution is 2.24. The summed E-state index contributed by atoms with van der Waals surface area (Å²) < 4.78 is 0. The molecule has 1 heterocycles. The van der Waals surface area contributed by atoms with Crippen molar-refractivity contribution in [2.45, 2.75) is 37.9 Å². The van der Waals surface area contributed by atoms with E-state index in [9.17, 15) is 0 Å². The first-order valence-corrected chi connectivity index (χ1v) is 5.10. The van der Waals surface area contributed by atoms with E-state index in [1.807, 2.05) is 0 Å². The molecule has 3 N–H and O–H groups in total. The molecule has 2 aliphatic rings. The molecule has 2 fully saturated rings. The maximum Gasteiger partial charge on any atom is 0.0703 e. The van der Waals surface area contributed by atoms with Crippen molar-refractivity contribution in [1.29, 1.82) is 0 Å². The molecule has 0 aromatic heterocycles. The first-order valence-electron chi connectivity index (χ1n) is 5.10. The first kappa shape index (κ1) is 8.48. The van der Waals surface area contributed by atoms with Crippen LogP contribution >= 0.6 is 0 Å². The number of hydrogen-bond donors (Lipinski definition) is 2. The maximum absolute atomic E-state index is 6.02. The van der Waals surface area contributed by atoms with Gasteiger partial charge in [0.05, 0.1) is 6.17 Å². The Morgan fingerprint density at radius 1 is 1.25 bits per heavy atom. The van der Waals surface area contributed by atoms with E-state index in [-0.39, 0.29) is 6.17 Å². The summed E-state index contributed by atoms with van der Waals surface area (Å²) in [7, 11) is 0. The normalized spacial score (nSPS) is 34.2. The zero-order chi connectivity index (χ0) is 8.39. The summed E-state index contributed by atoms with van der Waals surface area (Å²) >= 11 is 0. The van der Waals surface area contributed by atoms with Crippen molar-refractivity contribution in [2.75, 3.05) is 19.6 Å². The molecule has 12 heavy (non-hydrogen) atoms. The van der Waals surface area contributed by atoms with Crippen molar-refractivity contribution in [3.05, 3.63) is 0 Å². The topological polar surface area (TPSA) is 41.3 Å². The Balaban J connectivity index is 1.91. The molecule has 0 amide bonds. The summed E-state index contributed by atoms with van der Waals surface area (Å²) in [5, 5.41) is 3.32. The van der Waals surface area contributed by atoms with Crippen molar-refractivity contribution >= 4 is 0 Å². The highest BCUT2D eigenvalue weighted by Gasteiger charge is 2.27. The quantitative estimate of drug-likeness (QED) is 0.586. The van der Waals surface area contributed by atoms with Crippen LogP contribution in [0.1, 0.15) is 25.7 Å². The molecule has 1 unspecified atom stereocenters. The molecule has 70 valence electrons. The fourth-order valence-corrected chi connectivity index (χ4v) is 2.43. The molecule has 0 aromatic carbocycles. The zero-order valence-corrected chi connectivity index (χ0v) is 7.63. The second kappa shape index (κ2) is 3.73. The second-order valence-electron chi connectivity index (χ2n) is 3.95. The zero-order valence-electron chi connectivity index (χ0n) is 7.63. The van der Waals surface area contributed by atoms with Gasteiger partial charge >= 0.3 is 0 Å². The number of nitrogens with one attached hydrogen (secondary N) is 1. The van der Waals surface area contributed by atoms with Gasteiger partial charge in [-0.2, -0.15) is 0 Å². The van der Waals surface area contributed by atoms with E-state index in [1.165, 1.54) is 25.7 Å². The number of nitrogens with two attached hydrogens (primary N) is 1. The lowest BCUT2D eigenvalue weighted by atomic mass is 10.1. The Morgan fingerprint density at radius 3 is 2.67 bits per heavy atom. The van der Waals surface area contributed by atoms with Crippen molar-refractivity contribution in [1.82, 2.24) is 10.2 Å². The summed E-state index contributed by atoms with van der Waals surface area (Å²) in [5.74, 6) is 0. The molecule has 3 heteroatoms. The average molecular weight is 169 g/mol. The molecule has 2 rings (SSSR count). The SMILES string of the molecule is NC1CNCCN1C1CCCC1. The number of hydrogen-bond acceptors (Lipinski definition) is 3. The monoisotopic (exact) mass is 169 g/mol. The molecular formula is C9H19N3.